The molecule has 1 aliphatic carbocycles. The normalized spacial score (nSPS) is 22.7. The first-order chi connectivity index (χ1) is 9.12. The lowest BCUT2D eigenvalue weighted by Crippen LogP contribution is -2.41. The molecule has 2 N–H and O–H groups in total. The molecule has 0 aromatic carbocycles. The van der Waals surface area contributed by atoms with Crippen molar-refractivity contribution in [1.29, 1.82) is 0 Å². The van der Waals surface area contributed by atoms with Crippen LogP contribution in [0.2, 0.25) is 0 Å². The quantitative estimate of drug-likeness (QED) is 0.799. The molecule has 0 amide bonds. The van der Waals surface area contributed by atoms with E-state index in [1.54, 1.807) is 0 Å². The van der Waals surface area contributed by atoms with Crippen molar-refractivity contribution in [2.75, 3.05) is 13.1 Å². The first-order valence-electron chi connectivity index (χ1n) is 8.55. The second kappa shape index (κ2) is 9.77. The van der Waals surface area contributed by atoms with Crippen molar-refractivity contribution in [1.82, 2.24) is 5.32 Å². The van der Waals surface area contributed by atoms with Gasteiger partial charge in [0.25, 0.3) is 0 Å². The van der Waals surface area contributed by atoms with E-state index in [0.29, 0.717) is 5.92 Å². The number of aliphatic hydroxyl groups is 1. The standard InChI is InChI=1S/C17H35NO/c1-16(2)14-18-15-17(19)12-10-8-6-4-3-5-7-9-11-13-17/h16,18-19H,3-15H2,1-2H3. The zero-order valence-electron chi connectivity index (χ0n) is 13.2. The lowest BCUT2D eigenvalue weighted by Gasteiger charge is -2.29. The van der Waals surface area contributed by atoms with Gasteiger partial charge >= 0.3 is 0 Å². The molecule has 0 unspecified atom stereocenters. The Balaban J connectivity index is 2.35. The zero-order valence-corrected chi connectivity index (χ0v) is 13.2. The maximum atomic E-state index is 10.8. The largest absolute Gasteiger partial charge is 0.389 e. The van der Waals surface area contributed by atoms with Gasteiger partial charge in [0.1, 0.15) is 0 Å². The fourth-order valence-electron chi connectivity index (χ4n) is 3.04. The Morgan fingerprint density at radius 2 is 1.26 bits per heavy atom. The van der Waals surface area contributed by atoms with Gasteiger partial charge in [0.15, 0.2) is 0 Å². The summed E-state index contributed by atoms with van der Waals surface area (Å²) < 4.78 is 0. The molecule has 0 spiro atoms. The molecule has 0 aliphatic heterocycles. The van der Waals surface area contributed by atoms with Crippen LogP contribution >= 0.6 is 0 Å². The summed E-state index contributed by atoms with van der Waals surface area (Å²) in [7, 11) is 0. The van der Waals surface area contributed by atoms with Gasteiger partial charge in [-0.25, -0.2) is 0 Å². The van der Waals surface area contributed by atoms with Crippen LogP contribution in [-0.4, -0.2) is 23.8 Å². The average molecular weight is 269 g/mol. The van der Waals surface area contributed by atoms with Gasteiger partial charge in [0.05, 0.1) is 5.60 Å². The van der Waals surface area contributed by atoms with Crippen LogP contribution in [0.1, 0.15) is 84.5 Å². The van der Waals surface area contributed by atoms with Crippen molar-refractivity contribution >= 4 is 0 Å². The fourth-order valence-corrected chi connectivity index (χ4v) is 3.04. The molecule has 0 saturated heterocycles. The molecule has 0 radical (unpaired) electrons. The highest BCUT2D eigenvalue weighted by Gasteiger charge is 2.25. The Morgan fingerprint density at radius 1 is 0.842 bits per heavy atom. The summed E-state index contributed by atoms with van der Waals surface area (Å²) >= 11 is 0. The third-order valence-electron chi connectivity index (χ3n) is 4.29. The lowest BCUT2D eigenvalue weighted by molar-refractivity contribution is 0.0175. The van der Waals surface area contributed by atoms with E-state index < -0.39 is 5.60 Å². The van der Waals surface area contributed by atoms with Gasteiger partial charge in [-0.2, -0.15) is 0 Å². The first-order valence-corrected chi connectivity index (χ1v) is 8.55. The third kappa shape index (κ3) is 8.65. The highest BCUT2D eigenvalue weighted by atomic mass is 16.3. The average Bonchev–Trinajstić information content (AvgIpc) is 2.33. The number of hydrogen-bond donors (Lipinski definition) is 2. The number of hydrogen-bond acceptors (Lipinski definition) is 2. The molecule has 0 aromatic heterocycles. The van der Waals surface area contributed by atoms with Crippen LogP contribution in [0.3, 0.4) is 0 Å². The highest BCUT2D eigenvalue weighted by molar-refractivity contribution is 4.81. The van der Waals surface area contributed by atoms with E-state index in [1.807, 2.05) is 0 Å². The molecule has 114 valence electrons. The van der Waals surface area contributed by atoms with Gasteiger partial charge in [0, 0.05) is 6.54 Å². The Bertz CT molecular complexity index is 203. The second-order valence-corrected chi connectivity index (χ2v) is 6.93. The predicted octanol–water partition coefficient (Wildman–Crippen LogP) is 4.27. The molecule has 1 rings (SSSR count). The summed E-state index contributed by atoms with van der Waals surface area (Å²) in [6, 6.07) is 0. The number of rotatable bonds is 4. The first kappa shape index (κ1) is 17.0. The summed E-state index contributed by atoms with van der Waals surface area (Å²) in [6.07, 6.45) is 13.9. The highest BCUT2D eigenvalue weighted by Crippen LogP contribution is 2.24. The Hall–Kier alpha value is -0.0800. The van der Waals surface area contributed by atoms with Crippen molar-refractivity contribution in [3.05, 3.63) is 0 Å². The number of nitrogens with one attached hydrogen (secondary N) is 1. The van der Waals surface area contributed by atoms with Crippen molar-refractivity contribution in [3.63, 3.8) is 0 Å². The van der Waals surface area contributed by atoms with Crippen molar-refractivity contribution < 1.29 is 5.11 Å². The van der Waals surface area contributed by atoms with Gasteiger partial charge in [-0.05, 0) is 25.3 Å². The molecule has 0 heterocycles. The monoisotopic (exact) mass is 269 g/mol. The maximum Gasteiger partial charge on any atom is 0.0771 e. The van der Waals surface area contributed by atoms with Crippen molar-refractivity contribution in [2.45, 2.75) is 90.1 Å². The minimum Gasteiger partial charge on any atom is -0.389 e. The van der Waals surface area contributed by atoms with E-state index in [1.165, 1.54) is 57.8 Å². The Kier molecular flexibility index (Phi) is 8.72. The van der Waals surface area contributed by atoms with Crippen LogP contribution in [-0.2, 0) is 0 Å². The minimum atomic E-state index is -0.450. The van der Waals surface area contributed by atoms with Gasteiger partial charge in [-0.3, -0.25) is 0 Å². The maximum absolute atomic E-state index is 10.8. The van der Waals surface area contributed by atoms with E-state index in [9.17, 15) is 5.11 Å². The van der Waals surface area contributed by atoms with Crippen LogP contribution in [0.15, 0.2) is 0 Å². The lowest BCUT2D eigenvalue weighted by atomic mass is 9.88. The van der Waals surface area contributed by atoms with E-state index in [-0.39, 0.29) is 0 Å². The topological polar surface area (TPSA) is 32.3 Å². The van der Waals surface area contributed by atoms with E-state index in [2.05, 4.69) is 19.2 Å². The van der Waals surface area contributed by atoms with Gasteiger partial charge < -0.3 is 10.4 Å². The van der Waals surface area contributed by atoms with Crippen LogP contribution in [0, 0.1) is 5.92 Å². The summed E-state index contributed by atoms with van der Waals surface area (Å²) in [4.78, 5) is 0. The molecule has 0 bridgehead atoms. The molecular formula is C17H35NO. The predicted molar refractivity (Wildman–Crippen MR) is 83.4 cm³/mol. The zero-order chi connectivity index (χ0) is 14.0. The Labute approximate surface area is 120 Å². The van der Waals surface area contributed by atoms with Crippen LogP contribution in [0.4, 0.5) is 0 Å². The molecule has 19 heavy (non-hydrogen) atoms. The SMILES string of the molecule is CC(C)CNCC1(O)CCCCCCCCCCC1. The molecule has 2 nitrogen and oxygen atoms in total. The molecule has 1 saturated carbocycles. The summed E-state index contributed by atoms with van der Waals surface area (Å²) in [5.41, 5.74) is -0.450. The van der Waals surface area contributed by atoms with Crippen LogP contribution in [0.5, 0.6) is 0 Å². The minimum absolute atomic E-state index is 0.450. The fraction of sp³-hybridized carbons (Fsp3) is 1.00. The van der Waals surface area contributed by atoms with Crippen molar-refractivity contribution in [3.8, 4) is 0 Å². The third-order valence-corrected chi connectivity index (χ3v) is 4.29. The van der Waals surface area contributed by atoms with Gasteiger partial charge in [-0.1, -0.05) is 71.6 Å². The van der Waals surface area contributed by atoms with Gasteiger partial charge in [-0.15, -0.1) is 0 Å². The molecule has 0 aromatic rings. The Morgan fingerprint density at radius 3 is 1.68 bits per heavy atom. The second-order valence-electron chi connectivity index (χ2n) is 6.93. The molecule has 1 fully saturated rings. The molecular weight excluding hydrogens is 234 g/mol. The summed E-state index contributed by atoms with van der Waals surface area (Å²) in [6.45, 7) is 6.24. The van der Waals surface area contributed by atoms with E-state index in [4.69, 9.17) is 0 Å². The van der Waals surface area contributed by atoms with E-state index in [0.717, 1.165) is 25.9 Å². The van der Waals surface area contributed by atoms with Crippen LogP contribution < -0.4 is 5.32 Å². The molecule has 2 heteroatoms. The smallest absolute Gasteiger partial charge is 0.0771 e. The van der Waals surface area contributed by atoms with Crippen molar-refractivity contribution in [2.24, 2.45) is 5.92 Å². The summed E-state index contributed by atoms with van der Waals surface area (Å²) in [5.74, 6) is 0.662. The summed E-state index contributed by atoms with van der Waals surface area (Å²) in [5, 5.41) is 14.3. The van der Waals surface area contributed by atoms with Gasteiger partial charge in [0.2, 0.25) is 0 Å². The molecule has 0 atom stereocenters. The van der Waals surface area contributed by atoms with E-state index >= 15 is 0 Å². The molecule has 1 aliphatic rings. The van der Waals surface area contributed by atoms with Crippen LogP contribution in [0.25, 0.3) is 0 Å².